The first-order chi connectivity index (χ1) is 14.2. The van der Waals surface area contributed by atoms with Gasteiger partial charge in [-0.1, -0.05) is 30.3 Å². The van der Waals surface area contributed by atoms with Gasteiger partial charge in [0.1, 0.15) is 5.60 Å². The fourth-order valence-electron chi connectivity index (χ4n) is 2.69. The number of carbonyl (C=O) groups is 3. The van der Waals surface area contributed by atoms with Crippen molar-refractivity contribution in [3.05, 3.63) is 65.7 Å². The minimum Gasteiger partial charge on any atom is -0.444 e. The second-order valence-electron chi connectivity index (χ2n) is 8.18. The van der Waals surface area contributed by atoms with E-state index in [0.29, 0.717) is 11.3 Å². The number of amides is 2. The summed E-state index contributed by atoms with van der Waals surface area (Å²) < 4.78 is 10.7. The van der Waals surface area contributed by atoms with Crippen molar-refractivity contribution in [2.45, 2.75) is 51.4 Å². The molecule has 1 aliphatic rings. The van der Waals surface area contributed by atoms with Crippen molar-refractivity contribution < 1.29 is 23.9 Å². The summed E-state index contributed by atoms with van der Waals surface area (Å²) in [5, 5.41) is 5.48. The molecule has 158 valence electrons. The number of esters is 1. The summed E-state index contributed by atoms with van der Waals surface area (Å²) in [5.41, 5.74) is 0.741. The second kappa shape index (κ2) is 8.98. The van der Waals surface area contributed by atoms with Gasteiger partial charge in [0.15, 0.2) is 0 Å². The Morgan fingerprint density at radius 1 is 0.967 bits per heavy atom. The Morgan fingerprint density at radius 2 is 1.60 bits per heavy atom. The average molecular weight is 410 g/mol. The number of hydrogen-bond donors (Lipinski definition) is 2. The molecule has 3 rings (SSSR count). The van der Waals surface area contributed by atoms with E-state index >= 15 is 0 Å². The molecule has 1 aliphatic carbocycles. The van der Waals surface area contributed by atoms with Crippen LogP contribution in [0.2, 0.25) is 0 Å². The van der Waals surface area contributed by atoms with Crippen LogP contribution >= 0.6 is 0 Å². The first kappa shape index (κ1) is 21.4. The van der Waals surface area contributed by atoms with Crippen LogP contribution in [0.4, 0.5) is 10.5 Å². The first-order valence-corrected chi connectivity index (χ1v) is 9.88. The number of nitrogens with one attached hydrogen (secondary N) is 2. The van der Waals surface area contributed by atoms with E-state index < -0.39 is 23.8 Å². The van der Waals surface area contributed by atoms with Gasteiger partial charge in [-0.3, -0.25) is 10.1 Å². The van der Waals surface area contributed by atoms with Gasteiger partial charge in [-0.15, -0.1) is 0 Å². The lowest BCUT2D eigenvalue weighted by Gasteiger charge is -2.20. The Balaban J connectivity index is 1.66. The maximum atomic E-state index is 12.6. The fraction of sp³-hybridized carbons (Fsp3) is 0.348. The van der Waals surface area contributed by atoms with Gasteiger partial charge in [0, 0.05) is 17.3 Å². The standard InChI is InChI=1S/C23H26N2O5/c1-23(2,3)30-22(28)25-18-11-9-16(10-12-18)21(27)29-19(15-7-5-4-6-8-15)20(26)24-17-13-14-17/h4-12,17,19H,13-14H2,1-3H3,(H,24,26)(H,25,28)/t19-/m1/s1. The van der Waals surface area contributed by atoms with E-state index in [-0.39, 0.29) is 17.5 Å². The lowest BCUT2D eigenvalue weighted by atomic mass is 10.1. The first-order valence-electron chi connectivity index (χ1n) is 9.88. The number of hydrogen-bond acceptors (Lipinski definition) is 5. The quantitative estimate of drug-likeness (QED) is 0.696. The molecule has 7 heteroatoms. The predicted molar refractivity (Wildman–Crippen MR) is 112 cm³/mol. The number of ether oxygens (including phenoxy) is 2. The Morgan fingerprint density at radius 3 is 2.17 bits per heavy atom. The molecular weight excluding hydrogens is 384 g/mol. The third-order valence-electron chi connectivity index (χ3n) is 4.25. The van der Waals surface area contributed by atoms with Crippen molar-refractivity contribution in [3.8, 4) is 0 Å². The van der Waals surface area contributed by atoms with Gasteiger partial charge in [0.25, 0.3) is 5.91 Å². The third-order valence-corrected chi connectivity index (χ3v) is 4.25. The van der Waals surface area contributed by atoms with E-state index in [4.69, 9.17) is 9.47 Å². The molecule has 2 amide bonds. The van der Waals surface area contributed by atoms with Crippen LogP contribution < -0.4 is 10.6 Å². The van der Waals surface area contributed by atoms with Gasteiger partial charge in [-0.25, -0.2) is 9.59 Å². The predicted octanol–water partition coefficient (Wildman–Crippen LogP) is 4.21. The highest BCUT2D eigenvalue weighted by molar-refractivity contribution is 5.93. The zero-order valence-corrected chi connectivity index (χ0v) is 17.3. The highest BCUT2D eigenvalue weighted by Crippen LogP contribution is 2.24. The molecule has 2 aromatic carbocycles. The molecule has 7 nitrogen and oxygen atoms in total. The summed E-state index contributed by atoms with van der Waals surface area (Å²) >= 11 is 0. The van der Waals surface area contributed by atoms with Crippen LogP contribution in [-0.4, -0.2) is 29.6 Å². The molecule has 0 bridgehead atoms. The van der Waals surface area contributed by atoms with Crippen LogP contribution in [0.15, 0.2) is 54.6 Å². The zero-order chi connectivity index (χ0) is 21.7. The maximum Gasteiger partial charge on any atom is 0.412 e. The van der Waals surface area contributed by atoms with E-state index in [1.54, 1.807) is 57.2 Å². The van der Waals surface area contributed by atoms with Gasteiger partial charge in [-0.2, -0.15) is 0 Å². The number of anilines is 1. The summed E-state index contributed by atoms with van der Waals surface area (Å²) in [6.07, 6.45) is 0.262. The highest BCUT2D eigenvalue weighted by atomic mass is 16.6. The van der Waals surface area contributed by atoms with Crippen LogP contribution in [0.5, 0.6) is 0 Å². The molecule has 1 saturated carbocycles. The minimum absolute atomic E-state index is 0.153. The van der Waals surface area contributed by atoms with E-state index in [0.717, 1.165) is 12.8 Å². The SMILES string of the molecule is CC(C)(C)OC(=O)Nc1ccc(C(=O)O[C@@H](C(=O)NC2CC2)c2ccccc2)cc1. The van der Waals surface area contributed by atoms with E-state index in [9.17, 15) is 14.4 Å². The summed E-state index contributed by atoms with van der Waals surface area (Å²) in [7, 11) is 0. The fourth-order valence-corrected chi connectivity index (χ4v) is 2.69. The smallest absolute Gasteiger partial charge is 0.412 e. The highest BCUT2D eigenvalue weighted by Gasteiger charge is 2.31. The Bertz CT molecular complexity index is 899. The van der Waals surface area contributed by atoms with E-state index in [2.05, 4.69) is 10.6 Å². The summed E-state index contributed by atoms with van der Waals surface area (Å²) in [6, 6.07) is 15.3. The van der Waals surface area contributed by atoms with Crippen LogP contribution in [0, 0.1) is 0 Å². The number of rotatable bonds is 6. The van der Waals surface area contributed by atoms with E-state index in [1.165, 1.54) is 12.1 Å². The number of carbonyl (C=O) groups excluding carboxylic acids is 3. The zero-order valence-electron chi connectivity index (χ0n) is 17.3. The largest absolute Gasteiger partial charge is 0.444 e. The molecular formula is C23H26N2O5. The summed E-state index contributed by atoms with van der Waals surface area (Å²) in [6.45, 7) is 5.32. The van der Waals surface area contributed by atoms with Gasteiger partial charge in [0.05, 0.1) is 5.56 Å². The average Bonchev–Trinajstić information content (AvgIpc) is 3.49. The van der Waals surface area contributed by atoms with Crippen molar-refractivity contribution in [1.82, 2.24) is 5.32 Å². The van der Waals surface area contributed by atoms with Gasteiger partial charge in [-0.05, 0) is 57.9 Å². The Kier molecular flexibility index (Phi) is 6.40. The van der Waals surface area contributed by atoms with Gasteiger partial charge < -0.3 is 14.8 Å². The molecule has 0 saturated heterocycles. The summed E-state index contributed by atoms with van der Waals surface area (Å²) in [5.74, 6) is -0.959. The lowest BCUT2D eigenvalue weighted by Crippen LogP contribution is -2.33. The van der Waals surface area contributed by atoms with Gasteiger partial charge in [0.2, 0.25) is 6.10 Å². The van der Waals surface area contributed by atoms with E-state index in [1.807, 2.05) is 6.07 Å². The van der Waals surface area contributed by atoms with Crippen LogP contribution in [0.3, 0.4) is 0 Å². The van der Waals surface area contributed by atoms with Crippen molar-refractivity contribution in [3.63, 3.8) is 0 Å². The molecule has 0 spiro atoms. The monoisotopic (exact) mass is 410 g/mol. The normalized spacial score (nSPS) is 14.4. The molecule has 0 heterocycles. The van der Waals surface area contributed by atoms with Crippen molar-refractivity contribution in [1.29, 1.82) is 0 Å². The molecule has 2 aromatic rings. The molecule has 0 radical (unpaired) electrons. The molecule has 2 N–H and O–H groups in total. The van der Waals surface area contributed by atoms with Crippen molar-refractivity contribution in [2.24, 2.45) is 0 Å². The summed E-state index contributed by atoms with van der Waals surface area (Å²) in [4.78, 5) is 37.1. The molecule has 0 aliphatic heterocycles. The van der Waals surface area contributed by atoms with Crippen molar-refractivity contribution >= 4 is 23.7 Å². The number of benzene rings is 2. The maximum absolute atomic E-state index is 12.6. The van der Waals surface area contributed by atoms with Crippen LogP contribution in [0.25, 0.3) is 0 Å². The topological polar surface area (TPSA) is 93.7 Å². The molecule has 30 heavy (non-hydrogen) atoms. The van der Waals surface area contributed by atoms with Gasteiger partial charge >= 0.3 is 12.1 Å². The second-order valence-corrected chi connectivity index (χ2v) is 8.18. The molecule has 1 fully saturated rings. The van der Waals surface area contributed by atoms with Crippen molar-refractivity contribution in [2.75, 3.05) is 5.32 Å². The van der Waals surface area contributed by atoms with Crippen LogP contribution in [-0.2, 0) is 14.3 Å². The molecule has 1 atom stereocenters. The molecule has 0 unspecified atom stereocenters. The Hall–Kier alpha value is -3.35. The van der Waals surface area contributed by atoms with Crippen LogP contribution in [0.1, 0.15) is 55.6 Å². The Labute approximate surface area is 175 Å². The lowest BCUT2D eigenvalue weighted by molar-refractivity contribution is -0.130. The molecule has 0 aromatic heterocycles. The third kappa shape index (κ3) is 6.34. The minimum atomic E-state index is -1.03.